The van der Waals surface area contributed by atoms with E-state index in [1.54, 1.807) is 24.3 Å². The molecule has 0 aliphatic carbocycles. The Morgan fingerprint density at radius 3 is 2.42 bits per heavy atom. The summed E-state index contributed by atoms with van der Waals surface area (Å²) >= 11 is 5.97. The standard InChI is InChI=1S/C16H17ClN2O4S/c1-11-3-6-13(7-4-11)24(21,22)18-10-16(20)19-12-5-8-15(23-2)14(17)9-12/h3-9,18H,10H2,1-2H3,(H,19,20). The molecule has 0 heterocycles. The number of anilines is 1. The molecule has 0 saturated carbocycles. The van der Waals surface area contributed by atoms with E-state index in [0.29, 0.717) is 16.5 Å². The molecule has 0 atom stereocenters. The summed E-state index contributed by atoms with van der Waals surface area (Å²) in [6.07, 6.45) is 0. The molecule has 128 valence electrons. The van der Waals surface area contributed by atoms with Gasteiger partial charge in [-0.05, 0) is 37.3 Å². The van der Waals surface area contributed by atoms with Crippen molar-refractivity contribution in [2.24, 2.45) is 0 Å². The lowest BCUT2D eigenvalue weighted by Gasteiger charge is -2.09. The molecule has 2 rings (SSSR count). The quantitative estimate of drug-likeness (QED) is 0.820. The van der Waals surface area contributed by atoms with Gasteiger partial charge < -0.3 is 10.1 Å². The third-order valence-electron chi connectivity index (χ3n) is 3.19. The van der Waals surface area contributed by atoms with Crippen molar-refractivity contribution in [1.29, 1.82) is 0 Å². The highest BCUT2D eigenvalue weighted by Crippen LogP contribution is 2.27. The van der Waals surface area contributed by atoms with E-state index in [2.05, 4.69) is 10.0 Å². The van der Waals surface area contributed by atoms with Crippen LogP contribution in [0.1, 0.15) is 5.56 Å². The fourth-order valence-electron chi connectivity index (χ4n) is 1.91. The number of carbonyl (C=O) groups excluding carboxylic acids is 1. The molecule has 1 amide bonds. The number of rotatable bonds is 6. The normalized spacial score (nSPS) is 11.1. The molecular weight excluding hydrogens is 352 g/mol. The first-order valence-electron chi connectivity index (χ1n) is 7.01. The molecule has 2 aromatic carbocycles. The minimum absolute atomic E-state index is 0.105. The van der Waals surface area contributed by atoms with Crippen LogP contribution in [0.15, 0.2) is 47.4 Å². The zero-order valence-corrected chi connectivity index (χ0v) is 14.7. The van der Waals surface area contributed by atoms with Crippen molar-refractivity contribution in [3.8, 4) is 5.75 Å². The van der Waals surface area contributed by atoms with Crippen LogP contribution in [0.5, 0.6) is 5.75 Å². The maximum atomic E-state index is 12.1. The second kappa shape index (κ2) is 7.65. The van der Waals surface area contributed by atoms with E-state index < -0.39 is 15.9 Å². The van der Waals surface area contributed by atoms with Crippen molar-refractivity contribution < 1.29 is 17.9 Å². The van der Waals surface area contributed by atoms with Crippen molar-refractivity contribution >= 4 is 33.2 Å². The Labute approximate surface area is 145 Å². The molecule has 0 spiro atoms. The summed E-state index contributed by atoms with van der Waals surface area (Å²) in [7, 11) is -2.25. The molecule has 0 fully saturated rings. The second-order valence-electron chi connectivity index (χ2n) is 5.04. The molecule has 0 aromatic heterocycles. The van der Waals surface area contributed by atoms with Crippen LogP contribution in [0.2, 0.25) is 5.02 Å². The lowest BCUT2D eigenvalue weighted by atomic mass is 10.2. The molecule has 0 aliphatic rings. The number of hydrogen-bond acceptors (Lipinski definition) is 4. The molecule has 0 saturated heterocycles. The molecule has 0 aliphatic heterocycles. The molecule has 0 unspecified atom stereocenters. The van der Waals surface area contributed by atoms with Crippen LogP contribution in [-0.2, 0) is 14.8 Å². The highest BCUT2D eigenvalue weighted by Gasteiger charge is 2.15. The summed E-state index contributed by atoms with van der Waals surface area (Å²) in [6, 6.07) is 11.1. The van der Waals surface area contributed by atoms with Crippen LogP contribution in [0, 0.1) is 6.92 Å². The molecule has 6 nitrogen and oxygen atoms in total. The van der Waals surface area contributed by atoms with Gasteiger partial charge in [0.15, 0.2) is 0 Å². The summed E-state index contributed by atoms with van der Waals surface area (Å²) in [5, 5.41) is 2.90. The van der Waals surface area contributed by atoms with Gasteiger partial charge in [-0.25, -0.2) is 13.1 Å². The zero-order chi connectivity index (χ0) is 17.7. The Bertz CT molecular complexity index is 836. The van der Waals surface area contributed by atoms with E-state index in [9.17, 15) is 13.2 Å². The summed E-state index contributed by atoms with van der Waals surface area (Å²) in [6.45, 7) is 1.47. The molecule has 24 heavy (non-hydrogen) atoms. The smallest absolute Gasteiger partial charge is 0.241 e. The third kappa shape index (κ3) is 4.70. The number of aryl methyl sites for hydroxylation is 1. The largest absolute Gasteiger partial charge is 0.495 e. The van der Waals surface area contributed by atoms with Crippen molar-refractivity contribution in [2.75, 3.05) is 19.0 Å². The maximum absolute atomic E-state index is 12.1. The Hall–Kier alpha value is -2.09. The minimum atomic E-state index is -3.74. The number of benzene rings is 2. The van der Waals surface area contributed by atoms with Crippen LogP contribution in [0.4, 0.5) is 5.69 Å². The Morgan fingerprint density at radius 1 is 1.17 bits per heavy atom. The number of halogens is 1. The molecule has 0 radical (unpaired) electrons. The number of methoxy groups -OCH3 is 1. The summed E-state index contributed by atoms with van der Waals surface area (Å²) < 4.78 is 31.5. The minimum Gasteiger partial charge on any atom is -0.495 e. The lowest BCUT2D eigenvalue weighted by Crippen LogP contribution is -2.32. The number of carbonyl (C=O) groups is 1. The SMILES string of the molecule is COc1ccc(NC(=O)CNS(=O)(=O)c2ccc(C)cc2)cc1Cl. The van der Waals surface area contributed by atoms with Gasteiger partial charge in [-0.1, -0.05) is 29.3 Å². The lowest BCUT2D eigenvalue weighted by molar-refractivity contribution is -0.115. The summed E-state index contributed by atoms with van der Waals surface area (Å²) in [4.78, 5) is 12.0. The first kappa shape index (κ1) is 18.3. The fourth-order valence-corrected chi connectivity index (χ4v) is 3.15. The topological polar surface area (TPSA) is 84.5 Å². The average Bonchev–Trinajstić information content (AvgIpc) is 2.54. The predicted octanol–water partition coefficient (Wildman–Crippen LogP) is 2.57. The van der Waals surface area contributed by atoms with E-state index in [4.69, 9.17) is 16.3 Å². The number of ether oxygens (including phenoxy) is 1. The molecule has 2 aromatic rings. The fraction of sp³-hybridized carbons (Fsp3) is 0.188. The van der Waals surface area contributed by atoms with E-state index in [0.717, 1.165) is 5.56 Å². The van der Waals surface area contributed by atoms with Gasteiger partial charge in [0.25, 0.3) is 0 Å². The maximum Gasteiger partial charge on any atom is 0.241 e. The Balaban J connectivity index is 1.97. The van der Waals surface area contributed by atoms with Crippen LogP contribution in [0.25, 0.3) is 0 Å². The number of hydrogen-bond donors (Lipinski definition) is 2. The molecule has 0 bridgehead atoms. The first-order chi connectivity index (χ1) is 11.3. The van der Waals surface area contributed by atoms with Gasteiger partial charge in [-0.15, -0.1) is 0 Å². The first-order valence-corrected chi connectivity index (χ1v) is 8.87. The van der Waals surface area contributed by atoms with Gasteiger partial charge in [-0.3, -0.25) is 4.79 Å². The van der Waals surface area contributed by atoms with Gasteiger partial charge in [0.1, 0.15) is 5.75 Å². The monoisotopic (exact) mass is 368 g/mol. The van der Waals surface area contributed by atoms with Crippen molar-refractivity contribution in [1.82, 2.24) is 4.72 Å². The van der Waals surface area contributed by atoms with E-state index in [-0.39, 0.29) is 11.4 Å². The van der Waals surface area contributed by atoms with Crippen LogP contribution in [-0.4, -0.2) is 28.0 Å². The van der Waals surface area contributed by atoms with Gasteiger partial charge in [-0.2, -0.15) is 0 Å². The Morgan fingerprint density at radius 2 is 1.83 bits per heavy atom. The summed E-state index contributed by atoms with van der Waals surface area (Å²) in [5.41, 5.74) is 1.39. The van der Waals surface area contributed by atoms with E-state index >= 15 is 0 Å². The van der Waals surface area contributed by atoms with Gasteiger partial charge in [0.2, 0.25) is 15.9 Å². The van der Waals surface area contributed by atoms with Crippen molar-refractivity contribution in [2.45, 2.75) is 11.8 Å². The number of amides is 1. The molecular formula is C16H17ClN2O4S. The van der Waals surface area contributed by atoms with Crippen LogP contribution >= 0.6 is 11.6 Å². The van der Waals surface area contributed by atoms with Crippen molar-refractivity contribution in [3.63, 3.8) is 0 Å². The van der Waals surface area contributed by atoms with Gasteiger partial charge >= 0.3 is 0 Å². The predicted molar refractivity (Wildman–Crippen MR) is 93.0 cm³/mol. The second-order valence-corrected chi connectivity index (χ2v) is 7.21. The number of sulfonamides is 1. The van der Waals surface area contributed by atoms with Crippen molar-refractivity contribution in [3.05, 3.63) is 53.1 Å². The van der Waals surface area contributed by atoms with E-state index in [1.165, 1.54) is 25.3 Å². The molecule has 8 heteroatoms. The highest BCUT2D eigenvalue weighted by atomic mass is 35.5. The highest BCUT2D eigenvalue weighted by molar-refractivity contribution is 7.89. The number of nitrogens with one attached hydrogen (secondary N) is 2. The zero-order valence-electron chi connectivity index (χ0n) is 13.2. The molecule has 2 N–H and O–H groups in total. The third-order valence-corrected chi connectivity index (χ3v) is 4.90. The van der Waals surface area contributed by atoms with Crippen LogP contribution < -0.4 is 14.8 Å². The summed E-state index contributed by atoms with van der Waals surface area (Å²) in [5.74, 6) is -0.0262. The Kier molecular flexibility index (Phi) is 5.82. The average molecular weight is 369 g/mol. The van der Waals surface area contributed by atoms with Gasteiger partial charge in [0, 0.05) is 5.69 Å². The van der Waals surface area contributed by atoms with E-state index in [1.807, 2.05) is 6.92 Å². The van der Waals surface area contributed by atoms with Gasteiger partial charge in [0.05, 0.1) is 23.6 Å². The van der Waals surface area contributed by atoms with Crippen LogP contribution in [0.3, 0.4) is 0 Å².